The summed E-state index contributed by atoms with van der Waals surface area (Å²) in [6.45, 7) is 3.62. The maximum absolute atomic E-state index is 11.4. The van der Waals surface area contributed by atoms with Crippen molar-refractivity contribution in [3.8, 4) is 0 Å². The number of carbonyl (C=O) groups excluding carboxylic acids is 1. The third-order valence-electron chi connectivity index (χ3n) is 1.58. The van der Waals surface area contributed by atoms with Crippen molar-refractivity contribution in [1.29, 1.82) is 0 Å². The zero-order chi connectivity index (χ0) is 10.4. The van der Waals surface area contributed by atoms with Crippen LogP contribution in [0.4, 0.5) is 0 Å². The highest BCUT2D eigenvalue weighted by molar-refractivity contribution is 7.99. The summed E-state index contributed by atoms with van der Waals surface area (Å²) in [7, 11) is 1.61. The van der Waals surface area contributed by atoms with Crippen LogP contribution < -0.4 is 5.32 Å². The van der Waals surface area contributed by atoms with Crippen LogP contribution in [0.1, 0.15) is 10.4 Å². The van der Waals surface area contributed by atoms with Crippen LogP contribution in [0.5, 0.6) is 0 Å². The van der Waals surface area contributed by atoms with E-state index in [9.17, 15) is 4.79 Å². The first kappa shape index (κ1) is 10.8. The number of aromatic nitrogens is 1. The van der Waals surface area contributed by atoms with Crippen LogP contribution in [-0.4, -0.2) is 23.7 Å². The average Bonchev–Trinajstić information content (AvgIpc) is 2.25. The lowest BCUT2D eigenvalue weighted by Gasteiger charge is -2.04. The van der Waals surface area contributed by atoms with Gasteiger partial charge in [0.1, 0.15) is 5.03 Å². The number of nitrogens with zero attached hydrogens (tertiary/aromatic N) is 1. The Bertz CT molecular complexity index is 339. The molecule has 0 bridgehead atoms. The lowest BCUT2D eigenvalue weighted by atomic mass is 10.3. The summed E-state index contributed by atoms with van der Waals surface area (Å²) in [6, 6.07) is 3.51. The Labute approximate surface area is 87.6 Å². The quantitative estimate of drug-likeness (QED) is 0.605. The van der Waals surface area contributed by atoms with E-state index in [1.807, 2.05) is 0 Å². The highest BCUT2D eigenvalue weighted by Gasteiger charge is 2.09. The van der Waals surface area contributed by atoms with Crippen molar-refractivity contribution in [2.24, 2.45) is 0 Å². The van der Waals surface area contributed by atoms with E-state index in [-0.39, 0.29) is 5.91 Å². The summed E-state index contributed by atoms with van der Waals surface area (Å²) in [5.74, 6) is 0.644. The van der Waals surface area contributed by atoms with Crippen molar-refractivity contribution in [3.05, 3.63) is 36.5 Å². The molecule has 0 aliphatic carbocycles. The van der Waals surface area contributed by atoms with Crippen molar-refractivity contribution in [3.63, 3.8) is 0 Å². The normalized spacial score (nSPS) is 9.50. The second-order valence-corrected chi connectivity index (χ2v) is 3.54. The molecular formula is C10H12N2OS. The Balaban J connectivity index is 2.90. The molecule has 14 heavy (non-hydrogen) atoms. The first-order valence-electron chi connectivity index (χ1n) is 4.20. The van der Waals surface area contributed by atoms with Gasteiger partial charge in [0.15, 0.2) is 0 Å². The SMILES string of the molecule is C=CCSc1ncccc1C(=O)NC. The highest BCUT2D eigenvalue weighted by atomic mass is 32.2. The van der Waals surface area contributed by atoms with Crippen LogP contribution in [0.15, 0.2) is 36.0 Å². The summed E-state index contributed by atoms with van der Waals surface area (Å²) in [5, 5.41) is 3.32. The molecule has 1 amide bonds. The van der Waals surface area contributed by atoms with Gasteiger partial charge in [-0.25, -0.2) is 4.98 Å². The fraction of sp³-hybridized carbons (Fsp3) is 0.200. The Morgan fingerprint density at radius 1 is 1.79 bits per heavy atom. The van der Waals surface area contributed by atoms with Crippen LogP contribution >= 0.6 is 11.8 Å². The number of hydrogen-bond acceptors (Lipinski definition) is 3. The number of hydrogen-bond donors (Lipinski definition) is 1. The van der Waals surface area contributed by atoms with Gasteiger partial charge in [-0.1, -0.05) is 6.08 Å². The predicted octanol–water partition coefficient (Wildman–Crippen LogP) is 1.72. The van der Waals surface area contributed by atoms with Gasteiger partial charge >= 0.3 is 0 Å². The molecule has 0 fully saturated rings. The monoisotopic (exact) mass is 208 g/mol. The van der Waals surface area contributed by atoms with Crippen LogP contribution in [0, 0.1) is 0 Å². The van der Waals surface area contributed by atoms with E-state index in [1.165, 1.54) is 11.8 Å². The van der Waals surface area contributed by atoms with Crippen molar-refractivity contribution in [1.82, 2.24) is 10.3 Å². The molecule has 0 aromatic carbocycles. The molecule has 3 nitrogen and oxygen atoms in total. The van der Waals surface area contributed by atoms with Crippen LogP contribution in [0.2, 0.25) is 0 Å². The van der Waals surface area contributed by atoms with Crippen molar-refractivity contribution < 1.29 is 4.79 Å². The van der Waals surface area contributed by atoms with Crippen molar-refractivity contribution in [2.45, 2.75) is 5.03 Å². The molecule has 1 aromatic heterocycles. The fourth-order valence-corrected chi connectivity index (χ4v) is 1.68. The van der Waals surface area contributed by atoms with E-state index in [2.05, 4.69) is 16.9 Å². The number of nitrogens with one attached hydrogen (secondary N) is 1. The molecule has 0 atom stereocenters. The molecule has 0 aliphatic rings. The van der Waals surface area contributed by atoms with Gasteiger partial charge in [0.2, 0.25) is 0 Å². The van der Waals surface area contributed by atoms with Gasteiger partial charge < -0.3 is 5.32 Å². The van der Waals surface area contributed by atoms with E-state index in [0.717, 1.165) is 10.8 Å². The Morgan fingerprint density at radius 3 is 3.21 bits per heavy atom. The van der Waals surface area contributed by atoms with Gasteiger partial charge in [0, 0.05) is 19.0 Å². The maximum Gasteiger partial charge on any atom is 0.253 e. The van der Waals surface area contributed by atoms with Gasteiger partial charge in [0.25, 0.3) is 5.91 Å². The number of amides is 1. The minimum absolute atomic E-state index is 0.107. The predicted molar refractivity (Wildman–Crippen MR) is 58.5 cm³/mol. The van der Waals surface area contributed by atoms with Crippen LogP contribution in [0.25, 0.3) is 0 Å². The average molecular weight is 208 g/mol. The first-order chi connectivity index (χ1) is 6.79. The zero-order valence-corrected chi connectivity index (χ0v) is 8.80. The Morgan fingerprint density at radius 2 is 2.57 bits per heavy atom. The first-order valence-corrected chi connectivity index (χ1v) is 5.19. The molecule has 4 heteroatoms. The topological polar surface area (TPSA) is 42.0 Å². The van der Waals surface area contributed by atoms with E-state index >= 15 is 0 Å². The number of thioether (sulfide) groups is 1. The molecular weight excluding hydrogens is 196 g/mol. The molecule has 1 N–H and O–H groups in total. The zero-order valence-electron chi connectivity index (χ0n) is 7.99. The molecule has 0 unspecified atom stereocenters. The molecule has 0 radical (unpaired) electrons. The van der Waals surface area contributed by atoms with Gasteiger partial charge in [-0.2, -0.15) is 0 Å². The van der Waals surface area contributed by atoms with Gasteiger partial charge in [0.05, 0.1) is 5.56 Å². The van der Waals surface area contributed by atoms with E-state index in [4.69, 9.17) is 0 Å². The van der Waals surface area contributed by atoms with Crippen LogP contribution in [-0.2, 0) is 0 Å². The number of carbonyl (C=O) groups is 1. The smallest absolute Gasteiger partial charge is 0.253 e. The number of rotatable bonds is 4. The van der Waals surface area contributed by atoms with Crippen LogP contribution in [0.3, 0.4) is 0 Å². The minimum atomic E-state index is -0.107. The second kappa shape index (κ2) is 5.44. The van der Waals surface area contributed by atoms with Gasteiger partial charge in [-0.3, -0.25) is 4.79 Å². The number of pyridine rings is 1. The molecule has 0 saturated carbocycles. The summed E-state index contributed by atoms with van der Waals surface area (Å²) in [4.78, 5) is 15.5. The third kappa shape index (κ3) is 2.60. The van der Waals surface area contributed by atoms with Crippen molar-refractivity contribution >= 4 is 17.7 Å². The standard InChI is InChI=1S/C10H12N2OS/c1-3-7-14-10-8(9(13)11-2)5-4-6-12-10/h3-6H,1,7H2,2H3,(H,11,13). The lowest BCUT2D eigenvalue weighted by Crippen LogP contribution is -2.18. The third-order valence-corrected chi connectivity index (χ3v) is 2.58. The molecule has 0 aliphatic heterocycles. The summed E-state index contributed by atoms with van der Waals surface area (Å²) in [6.07, 6.45) is 3.46. The summed E-state index contributed by atoms with van der Waals surface area (Å²) < 4.78 is 0. The van der Waals surface area contributed by atoms with E-state index in [1.54, 1.807) is 31.5 Å². The van der Waals surface area contributed by atoms with Gasteiger partial charge in [-0.05, 0) is 12.1 Å². The highest BCUT2D eigenvalue weighted by Crippen LogP contribution is 2.19. The van der Waals surface area contributed by atoms with E-state index in [0.29, 0.717) is 5.56 Å². The minimum Gasteiger partial charge on any atom is -0.355 e. The fourth-order valence-electron chi connectivity index (χ4n) is 0.951. The maximum atomic E-state index is 11.4. The molecule has 74 valence electrons. The molecule has 1 aromatic rings. The summed E-state index contributed by atoms with van der Waals surface area (Å²) in [5.41, 5.74) is 0.613. The van der Waals surface area contributed by atoms with E-state index < -0.39 is 0 Å². The largest absolute Gasteiger partial charge is 0.355 e. The lowest BCUT2D eigenvalue weighted by molar-refractivity contribution is 0.0959. The second-order valence-electron chi connectivity index (χ2n) is 2.53. The molecule has 0 saturated heterocycles. The Hall–Kier alpha value is -1.29. The Kier molecular flexibility index (Phi) is 4.19. The molecule has 0 spiro atoms. The van der Waals surface area contributed by atoms with Crippen molar-refractivity contribution in [2.75, 3.05) is 12.8 Å². The summed E-state index contributed by atoms with van der Waals surface area (Å²) >= 11 is 1.50. The molecule has 1 rings (SSSR count). The molecule has 1 heterocycles. The van der Waals surface area contributed by atoms with Gasteiger partial charge in [-0.15, -0.1) is 18.3 Å².